The van der Waals surface area contributed by atoms with E-state index in [0.29, 0.717) is 11.0 Å². The van der Waals surface area contributed by atoms with E-state index in [9.17, 15) is 14.4 Å². The van der Waals surface area contributed by atoms with Crippen LogP contribution in [-0.4, -0.2) is 17.7 Å². The number of ketones is 1. The molecular formula is C14H12O6. The summed E-state index contributed by atoms with van der Waals surface area (Å²) < 4.78 is 15.3. The zero-order chi connectivity index (χ0) is 14.9. The number of Topliss-reactive ketones (excluding diaryl/α,β-unsaturated/α-hetero) is 1. The maximum absolute atomic E-state index is 11.3. The number of ether oxygens (including phenoxy) is 2. The Labute approximate surface area is 114 Å². The zero-order valence-corrected chi connectivity index (χ0v) is 11.2. The second-order valence-electron chi connectivity index (χ2n) is 4.19. The third-order valence-electron chi connectivity index (χ3n) is 2.44. The molecule has 0 aliphatic rings. The van der Waals surface area contributed by atoms with Gasteiger partial charge in [-0.15, -0.1) is 0 Å². The smallest absolute Gasteiger partial charge is 0.308 e. The normalized spacial score (nSPS) is 10.3. The average molecular weight is 276 g/mol. The average Bonchev–Trinajstić information content (AvgIpc) is 2.70. The quantitative estimate of drug-likeness (QED) is 0.486. The predicted octanol–water partition coefficient (Wildman–Crippen LogP) is 2.49. The van der Waals surface area contributed by atoms with E-state index in [0.717, 1.165) is 0 Å². The van der Waals surface area contributed by atoms with Gasteiger partial charge < -0.3 is 13.9 Å². The number of hydrogen-bond donors (Lipinski definition) is 0. The van der Waals surface area contributed by atoms with Crippen LogP contribution in [0.25, 0.3) is 11.0 Å². The van der Waals surface area contributed by atoms with Crippen LogP contribution in [0, 0.1) is 0 Å². The molecular weight excluding hydrogens is 264 g/mol. The first kappa shape index (κ1) is 13.8. The highest BCUT2D eigenvalue weighted by Crippen LogP contribution is 2.34. The van der Waals surface area contributed by atoms with Crippen molar-refractivity contribution in [1.29, 1.82) is 0 Å². The molecule has 6 heteroatoms. The molecule has 0 aliphatic carbocycles. The van der Waals surface area contributed by atoms with Crippen LogP contribution in [0.5, 0.6) is 11.5 Å². The SMILES string of the molecule is CC(=O)Oc1cc2cc(C(C)=O)oc2cc1OC(C)=O. The third-order valence-corrected chi connectivity index (χ3v) is 2.44. The molecule has 0 fully saturated rings. The van der Waals surface area contributed by atoms with Crippen LogP contribution in [0.2, 0.25) is 0 Å². The topological polar surface area (TPSA) is 82.8 Å². The monoisotopic (exact) mass is 276 g/mol. The van der Waals surface area contributed by atoms with Crippen LogP contribution in [0.1, 0.15) is 31.3 Å². The van der Waals surface area contributed by atoms with Gasteiger partial charge in [0.05, 0.1) is 0 Å². The Kier molecular flexibility index (Phi) is 3.56. The summed E-state index contributed by atoms with van der Waals surface area (Å²) in [6, 6.07) is 4.41. The van der Waals surface area contributed by atoms with E-state index in [4.69, 9.17) is 13.9 Å². The van der Waals surface area contributed by atoms with E-state index in [2.05, 4.69) is 0 Å². The molecule has 0 atom stereocenters. The first-order valence-electron chi connectivity index (χ1n) is 5.82. The van der Waals surface area contributed by atoms with Gasteiger partial charge in [0.15, 0.2) is 23.0 Å². The summed E-state index contributed by atoms with van der Waals surface area (Å²) in [6.07, 6.45) is 0. The van der Waals surface area contributed by atoms with Crippen LogP contribution in [0.3, 0.4) is 0 Å². The summed E-state index contributed by atoms with van der Waals surface area (Å²) >= 11 is 0. The summed E-state index contributed by atoms with van der Waals surface area (Å²) in [4.78, 5) is 33.4. The molecule has 1 heterocycles. The van der Waals surface area contributed by atoms with Crippen molar-refractivity contribution in [2.75, 3.05) is 0 Å². The van der Waals surface area contributed by atoms with E-state index in [1.54, 1.807) is 0 Å². The first-order chi connectivity index (χ1) is 9.36. The van der Waals surface area contributed by atoms with Gasteiger partial charge in [0, 0.05) is 32.2 Å². The highest BCUT2D eigenvalue weighted by molar-refractivity contribution is 5.97. The van der Waals surface area contributed by atoms with Crippen molar-refractivity contribution in [3.05, 3.63) is 24.0 Å². The van der Waals surface area contributed by atoms with Gasteiger partial charge in [0.25, 0.3) is 0 Å². The Morgan fingerprint density at radius 1 is 0.900 bits per heavy atom. The van der Waals surface area contributed by atoms with Crippen molar-refractivity contribution in [2.24, 2.45) is 0 Å². The Hall–Kier alpha value is -2.63. The van der Waals surface area contributed by atoms with Crippen molar-refractivity contribution < 1.29 is 28.3 Å². The summed E-state index contributed by atoms with van der Waals surface area (Å²) in [5.74, 6) is -1.01. The molecule has 0 saturated heterocycles. The van der Waals surface area contributed by atoms with E-state index in [1.807, 2.05) is 0 Å². The van der Waals surface area contributed by atoms with Crippen LogP contribution in [0.4, 0.5) is 0 Å². The van der Waals surface area contributed by atoms with Crippen LogP contribution in [-0.2, 0) is 9.59 Å². The molecule has 0 saturated carbocycles. The molecule has 0 bridgehead atoms. The Bertz CT molecular complexity index is 657. The maximum atomic E-state index is 11.3. The van der Waals surface area contributed by atoms with Gasteiger partial charge in [-0.1, -0.05) is 0 Å². The van der Waals surface area contributed by atoms with E-state index in [1.165, 1.54) is 39.0 Å². The number of rotatable bonds is 3. The number of carbonyl (C=O) groups is 3. The fourth-order valence-electron chi connectivity index (χ4n) is 1.69. The highest BCUT2D eigenvalue weighted by Gasteiger charge is 2.16. The second-order valence-corrected chi connectivity index (χ2v) is 4.19. The minimum Gasteiger partial charge on any atom is -0.453 e. The van der Waals surface area contributed by atoms with E-state index >= 15 is 0 Å². The van der Waals surface area contributed by atoms with Gasteiger partial charge in [0.2, 0.25) is 0 Å². The predicted molar refractivity (Wildman–Crippen MR) is 68.8 cm³/mol. The molecule has 0 radical (unpaired) electrons. The fraction of sp³-hybridized carbons (Fsp3) is 0.214. The number of esters is 2. The molecule has 0 amide bonds. The Morgan fingerprint density at radius 2 is 1.45 bits per heavy atom. The summed E-state index contributed by atoms with van der Waals surface area (Å²) in [6.45, 7) is 3.83. The van der Waals surface area contributed by atoms with Gasteiger partial charge in [-0.2, -0.15) is 0 Å². The van der Waals surface area contributed by atoms with E-state index in [-0.39, 0.29) is 23.0 Å². The number of carbonyl (C=O) groups excluding carboxylic acids is 3. The van der Waals surface area contributed by atoms with Crippen molar-refractivity contribution in [3.8, 4) is 11.5 Å². The van der Waals surface area contributed by atoms with Crippen molar-refractivity contribution in [3.63, 3.8) is 0 Å². The number of fused-ring (bicyclic) bond motifs is 1. The molecule has 1 aromatic carbocycles. The third kappa shape index (κ3) is 2.85. The standard InChI is InChI=1S/C14H12O6/c1-7(15)11-4-10-5-13(18-8(2)16)14(19-9(3)17)6-12(10)20-11/h4-6H,1-3H3. The molecule has 0 aliphatic heterocycles. The Morgan fingerprint density at radius 3 is 1.95 bits per heavy atom. The van der Waals surface area contributed by atoms with Gasteiger partial charge in [-0.3, -0.25) is 14.4 Å². The van der Waals surface area contributed by atoms with Crippen molar-refractivity contribution >= 4 is 28.7 Å². The number of benzene rings is 1. The molecule has 0 unspecified atom stereocenters. The highest BCUT2D eigenvalue weighted by atomic mass is 16.6. The second kappa shape index (κ2) is 5.16. The molecule has 20 heavy (non-hydrogen) atoms. The van der Waals surface area contributed by atoms with Gasteiger partial charge >= 0.3 is 11.9 Å². The zero-order valence-electron chi connectivity index (χ0n) is 11.2. The molecule has 6 nitrogen and oxygen atoms in total. The van der Waals surface area contributed by atoms with Crippen LogP contribution < -0.4 is 9.47 Å². The minimum absolute atomic E-state index is 0.0599. The van der Waals surface area contributed by atoms with Crippen LogP contribution >= 0.6 is 0 Å². The summed E-state index contributed by atoms with van der Waals surface area (Å²) in [5, 5.41) is 0.572. The van der Waals surface area contributed by atoms with Crippen LogP contribution in [0.15, 0.2) is 22.6 Å². The van der Waals surface area contributed by atoms with Gasteiger partial charge in [-0.05, 0) is 12.1 Å². The first-order valence-corrected chi connectivity index (χ1v) is 5.82. The summed E-state index contributed by atoms with van der Waals surface area (Å²) in [5.41, 5.74) is 0.363. The molecule has 104 valence electrons. The molecule has 0 N–H and O–H groups in total. The van der Waals surface area contributed by atoms with Crippen molar-refractivity contribution in [2.45, 2.75) is 20.8 Å². The lowest BCUT2D eigenvalue weighted by molar-refractivity contribution is -0.134. The number of hydrogen-bond acceptors (Lipinski definition) is 6. The minimum atomic E-state index is -0.559. The maximum Gasteiger partial charge on any atom is 0.308 e. The number of furan rings is 1. The lowest BCUT2D eigenvalue weighted by Crippen LogP contribution is -2.06. The molecule has 0 spiro atoms. The molecule has 1 aromatic heterocycles. The van der Waals surface area contributed by atoms with Crippen molar-refractivity contribution in [1.82, 2.24) is 0 Å². The molecule has 2 rings (SSSR count). The van der Waals surface area contributed by atoms with E-state index < -0.39 is 11.9 Å². The fourth-order valence-corrected chi connectivity index (χ4v) is 1.69. The lowest BCUT2D eigenvalue weighted by Gasteiger charge is -2.08. The summed E-state index contributed by atoms with van der Waals surface area (Å²) in [7, 11) is 0. The van der Waals surface area contributed by atoms with Gasteiger partial charge in [-0.25, -0.2) is 0 Å². The largest absolute Gasteiger partial charge is 0.453 e. The lowest BCUT2D eigenvalue weighted by atomic mass is 10.2. The van der Waals surface area contributed by atoms with Gasteiger partial charge in [0.1, 0.15) is 5.58 Å². The Balaban J connectivity index is 2.57. The molecule has 2 aromatic rings.